The molecule has 1 saturated carbocycles. The van der Waals surface area contributed by atoms with E-state index in [0.29, 0.717) is 17.0 Å². The second-order valence-corrected chi connectivity index (χ2v) is 7.02. The van der Waals surface area contributed by atoms with Gasteiger partial charge in [0.1, 0.15) is 5.75 Å². The van der Waals surface area contributed by atoms with Crippen LogP contribution in [0.15, 0.2) is 29.4 Å². The van der Waals surface area contributed by atoms with Gasteiger partial charge in [0.2, 0.25) is 17.0 Å². The Morgan fingerprint density at radius 2 is 2.08 bits per heavy atom. The molecule has 2 N–H and O–H groups in total. The number of benzene rings is 1. The van der Waals surface area contributed by atoms with E-state index in [0.717, 1.165) is 24.2 Å². The van der Waals surface area contributed by atoms with E-state index in [1.165, 1.54) is 16.7 Å². The van der Waals surface area contributed by atoms with Crippen molar-refractivity contribution < 1.29 is 14.3 Å². The molecule has 0 saturated heterocycles. The summed E-state index contributed by atoms with van der Waals surface area (Å²) >= 11 is 1.23. The predicted octanol–water partition coefficient (Wildman–Crippen LogP) is 1.31. The molecule has 2 amide bonds. The van der Waals surface area contributed by atoms with Crippen molar-refractivity contribution in [1.29, 1.82) is 0 Å². The molecular formula is C17H21N5O3S. The van der Waals surface area contributed by atoms with E-state index in [-0.39, 0.29) is 24.1 Å². The van der Waals surface area contributed by atoms with Crippen molar-refractivity contribution in [3.05, 3.63) is 24.3 Å². The van der Waals surface area contributed by atoms with E-state index >= 15 is 0 Å². The summed E-state index contributed by atoms with van der Waals surface area (Å²) in [4.78, 5) is 29.7. The van der Waals surface area contributed by atoms with Gasteiger partial charge in [0.05, 0.1) is 19.4 Å². The first kappa shape index (κ1) is 18.2. The fourth-order valence-corrected chi connectivity index (χ4v) is 2.97. The lowest BCUT2D eigenvalue weighted by atomic mass is 10.2. The van der Waals surface area contributed by atoms with Gasteiger partial charge in [-0.3, -0.25) is 14.7 Å². The fourth-order valence-electron chi connectivity index (χ4n) is 2.23. The molecule has 0 aliphatic heterocycles. The largest absolute Gasteiger partial charge is 0.497 e. The SMILES string of the molecule is COc1ccc(-c2nc(SCC(=O)N(C)CC(=O)NC3CC3)n[nH]2)cc1. The van der Waals surface area contributed by atoms with Gasteiger partial charge in [-0.05, 0) is 37.1 Å². The number of likely N-dealkylation sites (N-methyl/N-ethyl adjacent to an activating group) is 1. The van der Waals surface area contributed by atoms with Crippen molar-refractivity contribution >= 4 is 23.6 Å². The maximum Gasteiger partial charge on any atom is 0.239 e. The summed E-state index contributed by atoms with van der Waals surface area (Å²) in [5.74, 6) is 1.30. The molecule has 1 aliphatic rings. The number of thioether (sulfide) groups is 1. The molecule has 138 valence electrons. The molecule has 26 heavy (non-hydrogen) atoms. The average Bonchev–Trinajstić information content (AvgIpc) is 3.33. The molecule has 1 aromatic heterocycles. The maximum atomic E-state index is 12.1. The number of carbonyl (C=O) groups is 2. The van der Waals surface area contributed by atoms with Gasteiger partial charge in [-0.25, -0.2) is 4.98 Å². The van der Waals surface area contributed by atoms with Crippen LogP contribution in [0.4, 0.5) is 0 Å². The van der Waals surface area contributed by atoms with Gasteiger partial charge in [0, 0.05) is 18.7 Å². The molecular weight excluding hydrogens is 354 g/mol. The number of ether oxygens (including phenoxy) is 1. The smallest absolute Gasteiger partial charge is 0.239 e. The number of amides is 2. The summed E-state index contributed by atoms with van der Waals surface area (Å²) in [6.45, 7) is 0.0704. The normalized spacial score (nSPS) is 13.3. The topological polar surface area (TPSA) is 100 Å². The van der Waals surface area contributed by atoms with Crippen LogP contribution >= 0.6 is 11.8 Å². The average molecular weight is 375 g/mol. The fraction of sp³-hybridized carbons (Fsp3) is 0.412. The van der Waals surface area contributed by atoms with Crippen LogP contribution in [0.5, 0.6) is 5.75 Å². The molecule has 8 nitrogen and oxygen atoms in total. The summed E-state index contributed by atoms with van der Waals surface area (Å²) in [7, 11) is 3.23. The highest BCUT2D eigenvalue weighted by atomic mass is 32.2. The van der Waals surface area contributed by atoms with Crippen molar-refractivity contribution in [2.75, 3.05) is 26.5 Å². The third-order valence-electron chi connectivity index (χ3n) is 3.90. The number of hydrogen-bond donors (Lipinski definition) is 2. The molecule has 0 atom stereocenters. The van der Waals surface area contributed by atoms with Crippen LogP contribution in [0.25, 0.3) is 11.4 Å². The highest BCUT2D eigenvalue weighted by Gasteiger charge is 2.24. The van der Waals surface area contributed by atoms with Crippen molar-refractivity contribution in [3.63, 3.8) is 0 Å². The predicted molar refractivity (Wildman–Crippen MR) is 97.9 cm³/mol. The van der Waals surface area contributed by atoms with Crippen LogP contribution in [0.2, 0.25) is 0 Å². The number of aromatic nitrogens is 3. The Balaban J connectivity index is 1.48. The number of hydrogen-bond acceptors (Lipinski definition) is 6. The molecule has 2 aromatic rings. The van der Waals surface area contributed by atoms with Gasteiger partial charge >= 0.3 is 0 Å². The second-order valence-electron chi connectivity index (χ2n) is 6.08. The third-order valence-corrected chi connectivity index (χ3v) is 4.73. The molecule has 1 heterocycles. The Hall–Kier alpha value is -2.55. The maximum absolute atomic E-state index is 12.1. The molecule has 9 heteroatoms. The van der Waals surface area contributed by atoms with Crippen LogP contribution in [0.3, 0.4) is 0 Å². The minimum atomic E-state index is -0.142. The van der Waals surface area contributed by atoms with Gasteiger partial charge in [-0.1, -0.05) is 11.8 Å². The number of rotatable bonds is 8. The van der Waals surface area contributed by atoms with Crippen molar-refractivity contribution in [2.45, 2.75) is 24.0 Å². The van der Waals surface area contributed by atoms with Crippen LogP contribution in [0, 0.1) is 0 Å². The number of nitrogens with one attached hydrogen (secondary N) is 2. The lowest BCUT2D eigenvalue weighted by Gasteiger charge is -2.16. The molecule has 0 unspecified atom stereocenters. The highest BCUT2D eigenvalue weighted by Crippen LogP contribution is 2.22. The van der Waals surface area contributed by atoms with Crippen LogP contribution in [-0.4, -0.2) is 64.4 Å². The van der Waals surface area contributed by atoms with Crippen LogP contribution in [-0.2, 0) is 9.59 Å². The number of carbonyl (C=O) groups excluding carboxylic acids is 2. The van der Waals surface area contributed by atoms with Gasteiger partial charge in [0.15, 0.2) is 5.82 Å². The van der Waals surface area contributed by atoms with E-state index in [1.807, 2.05) is 24.3 Å². The third kappa shape index (κ3) is 4.98. The number of nitrogens with zero attached hydrogens (tertiary/aromatic N) is 3. The van der Waals surface area contributed by atoms with E-state index in [1.54, 1.807) is 14.2 Å². The van der Waals surface area contributed by atoms with Gasteiger partial charge < -0.3 is 15.0 Å². The molecule has 3 rings (SSSR count). The van der Waals surface area contributed by atoms with Gasteiger partial charge in [-0.15, -0.1) is 5.10 Å². The first-order chi connectivity index (χ1) is 12.5. The first-order valence-electron chi connectivity index (χ1n) is 8.28. The Kier molecular flexibility index (Phi) is 5.77. The van der Waals surface area contributed by atoms with E-state index in [4.69, 9.17) is 4.74 Å². The zero-order chi connectivity index (χ0) is 18.5. The molecule has 1 fully saturated rings. The molecule has 1 aromatic carbocycles. The lowest BCUT2D eigenvalue weighted by Crippen LogP contribution is -2.39. The minimum Gasteiger partial charge on any atom is -0.497 e. The van der Waals surface area contributed by atoms with Crippen molar-refractivity contribution in [3.8, 4) is 17.1 Å². The minimum absolute atomic E-state index is 0.0704. The molecule has 1 aliphatic carbocycles. The standard InChI is InChI=1S/C17H21N5O3S/c1-22(9-14(23)18-12-5-6-12)15(24)10-26-17-19-16(20-21-17)11-3-7-13(25-2)8-4-11/h3-4,7-8,12H,5-6,9-10H2,1-2H3,(H,18,23)(H,19,20,21). The molecule has 0 radical (unpaired) electrons. The Labute approximate surface area is 155 Å². The first-order valence-corrected chi connectivity index (χ1v) is 9.26. The Morgan fingerprint density at radius 3 is 2.73 bits per heavy atom. The van der Waals surface area contributed by atoms with Crippen LogP contribution < -0.4 is 10.1 Å². The molecule has 0 spiro atoms. The Morgan fingerprint density at radius 1 is 1.35 bits per heavy atom. The summed E-state index contributed by atoms with van der Waals surface area (Å²) in [5.41, 5.74) is 0.880. The van der Waals surface area contributed by atoms with E-state index in [9.17, 15) is 9.59 Å². The number of aromatic amines is 1. The van der Waals surface area contributed by atoms with E-state index in [2.05, 4.69) is 20.5 Å². The van der Waals surface area contributed by atoms with Crippen LogP contribution in [0.1, 0.15) is 12.8 Å². The highest BCUT2D eigenvalue weighted by molar-refractivity contribution is 7.99. The molecule has 0 bridgehead atoms. The Bertz CT molecular complexity index is 773. The number of methoxy groups -OCH3 is 1. The number of H-pyrrole nitrogens is 1. The van der Waals surface area contributed by atoms with Gasteiger partial charge in [0.25, 0.3) is 0 Å². The summed E-state index contributed by atoms with van der Waals surface area (Å²) in [5, 5.41) is 10.3. The second kappa shape index (κ2) is 8.22. The zero-order valence-corrected chi connectivity index (χ0v) is 15.5. The van der Waals surface area contributed by atoms with E-state index < -0.39 is 0 Å². The quantitative estimate of drug-likeness (QED) is 0.675. The van der Waals surface area contributed by atoms with Gasteiger partial charge in [-0.2, -0.15) is 0 Å². The zero-order valence-electron chi connectivity index (χ0n) is 14.7. The summed E-state index contributed by atoms with van der Waals surface area (Å²) in [6, 6.07) is 7.74. The summed E-state index contributed by atoms with van der Waals surface area (Å²) < 4.78 is 5.13. The lowest BCUT2D eigenvalue weighted by molar-refractivity contribution is -0.132. The summed E-state index contributed by atoms with van der Waals surface area (Å²) in [6.07, 6.45) is 2.06. The monoisotopic (exact) mass is 375 g/mol. The van der Waals surface area contributed by atoms with Crippen molar-refractivity contribution in [2.24, 2.45) is 0 Å². The van der Waals surface area contributed by atoms with Crippen molar-refractivity contribution in [1.82, 2.24) is 25.4 Å².